The first-order valence-corrected chi connectivity index (χ1v) is 11.1. The van der Waals surface area contributed by atoms with E-state index in [2.05, 4.69) is 83.0 Å². The topological polar surface area (TPSA) is 35.6 Å². The van der Waals surface area contributed by atoms with Crippen molar-refractivity contribution in [2.45, 2.75) is 25.7 Å². The van der Waals surface area contributed by atoms with E-state index in [1.54, 1.807) is 12.4 Å². The van der Waals surface area contributed by atoms with Crippen molar-refractivity contribution in [1.29, 1.82) is 0 Å². The third-order valence-corrected chi connectivity index (χ3v) is 5.81. The summed E-state index contributed by atoms with van der Waals surface area (Å²) in [7, 11) is 0. The van der Waals surface area contributed by atoms with Crippen LogP contribution in [0.3, 0.4) is 0 Å². The van der Waals surface area contributed by atoms with Crippen LogP contribution in [0.2, 0.25) is 0 Å². The second-order valence-electron chi connectivity index (χ2n) is 8.05. The first kappa shape index (κ1) is 20.0. The lowest BCUT2D eigenvalue weighted by molar-refractivity contribution is 0.875. The Morgan fingerprint density at radius 2 is 0.906 bits per heavy atom. The maximum atomic E-state index is 4.29. The molecule has 5 rings (SSSR count). The average molecular weight is 419 g/mol. The van der Waals surface area contributed by atoms with E-state index in [0.717, 1.165) is 37.1 Å². The molecule has 0 fully saturated rings. The Morgan fingerprint density at radius 1 is 0.469 bits per heavy atom. The number of rotatable bonds is 8. The highest BCUT2D eigenvalue weighted by Gasteiger charge is 2.02. The van der Waals surface area contributed by atoms with Crippen molar-refractivity contribution in [3.05, 3.63) is 132 Å². The van der Waals surface area contributed by atoms with E-state index < -0.39 is 0 Å². The van der Waals surface area contributed by atoms with Crippen LogP contribution in [0.5, 0.6) is 0 Å². The molecule has 2 aromatic heterocycles. The van der Waals surface area contributed by atoms with Gasteiger partial charge in [-0.3, -0.25) is 0 Å². The fraction of sp³-hybridized carbons (Fsp3) is 0.143. The Kier molecular flexibility index (Phi) is 5.93. The normalized spacial score (nSPS) is 11.0. The molecule has 0 aliphatic heterocycles. The lowest BCUT2D eigenvalue weighted by atomic mass is 9.99. The first-order chi connectivity index (χ1) is 15.8. The van der Waals surface area contributed by atoms with Crippen molar-refractivity contribution in [1.82, 2.24) is 19.6 Å². The van der Waals surface area contributed by atoms with Crippen molar-refractivity contribution in [2.24, 2.45) is 0 Å². The van der Waals surface area contributed by atoms with Crippen LogP contribution >= 0.6 is 0 Å². The van der Waals surface area contributed by atoms with Crippen molar-refractivity contribution in [3.8, 4) is 11.4 Å². The van der Waals surface area contributed by atoms with Gasteiger partial charge in [-0.1, -0.05) is 48.5 Å². The summed E-state index contributed by atoms with van der Waals surface area (Å²) in [4.78, 5) is 0. The molecule has 0 atom stereocenters. The van der Waals surface area contributed by atoms with Crippen molar-refractivity contribution in [2.75, 3.05) is 0 Å². The van der Waals surface area contributed by atoms with Gasteiger partial charge >= 0.3 is 0 Å². The summed E-state index contributed by atoms with van der Waals surface area (Å²) in [5.74, 6) is 0. The highest BCUT2D eigenvalue weighted by molar-refractivity contribution is 5.36. The molecule has 5 aromatic rings. The fourth-order valence-corrected chi connectivity index (χ4v) is 3.99. The Balaban J connectivity index is 1.16. The zero-order valence-corrected chi connectivity index (χ0v) is 18.0. The molecule has 0 aliphatic carbocycles. The largest absolute Gasteiger partial charge is 0.241 e. The molecule has 158 valence electrons. The van der Waals surface area contributed by atoms with Crippen molar-refractivity contribution in [3.63, 3.8) is 0 Å². The zero-order chi connectivity index (χ0) is 21.6. The molecule has 0 bridgehead atoms. The maximum absolute atomic E-state index is 4.29. The number of hydrogen-bond acceptors (Lipinski definition) is 2. The average Bonchev–Trinajstić information content (AvgIpc) is 3.57. The van der Waals surface area contributed by atoms with Crippen LogP contribution in [0.1, 0.15) is 22.3 Å². The lowest BCUT2D eigenvalue weighted by Gasteiger charge is -2.08. The molecule has 0 aliphatic rings. The van der Waals surface area contributed by atoms with Crippen LogP contribution < -0.4 is 0 Å². The Labute approximate surface area is 188 Å². The van der Waals surface area contributed by atoms with Gasteiger partial charge in [-0.25, -0.2) is 9.36 Å². The first-order valence-electron chi connectivity index (χ1n) is 11.1. The minimum absolute atomic E-state index is 1.04. The Bertz CT molecular complexity index is 1140. The number of aryl methyl sites for hydroxylation is 4. The molecular weight excluding hydrogens is 392 g/mol. The van der Waals surface area contributed by atoms with Crippen LogP contribution in [0, 0.1) is 0 Å². The van der Waals surface area contributed by atoms with Gasteiger partial charge in [-0.15, -0.1) is 0 Å². The fourth-order valence-electron chi connectivity index (χ4n) is 3.99. The minimum atomic E-state index is 1.04. The van der Waals surface area contributed by atoms with Gasteiger partial charge in [0, 0.05) is 24.8 Å². The van der Waals surface area contributed by atoms with Gasteiger partial charge in [0.15, 0.2) is 0 Å². The molecule has 4 nitrogen and oxygen atoms in total. The van der Waals surface area contributed by atoms with E-state index in [1.807, 2.05) is 33.9 Å². The Hall–Kier alpha value is -3.92. The van der Waals surface area contributed by atoms with E-state index in [0.29, 0.717) is 0 Å². The molecule has 4 heteroatoms. The van der Waals surface area contributed by atoms with Gasteiger partial charge in [0.25, 0.3) is 0 Å². The molecule has 3 aromatic carbocycles. The van der Waals surface area contributed by atoms with Gasteiger partial charge in [-0.2, -0.15) is 10.2 Å². The van der Waals surface area contributed by atoms with E-state index in [-0.39, 0.29) is 0 Å². The standard InChI is InChI=1S/C28H26N4/c1-4-25(8-6-23-10-14-27(15-11-23)31-20-2-18-29-31)22-26(5-1)9-7-24-12-16-28(17-13-24)32-21-3-19-30-32/h1-5,10-22H,6-9H2. The molecule has 0 radical (unpaired) electrons. The lowest BCUT2D eigenvalue weighted by Crippen LogP contribution is -1.97. The molecule has 0 amide bonds. The minimum Gasteiger partial charge on any atom is -0.241 e. The van der Waals surface area contributed by atoms with E-state index in [4.69, 9.17) is 0 Å². The molecule has 0 saturated carbocycles. The Morgan fingerprint density at radius 3 is 1.31 bits per heavy atom. The number of hydrogen-bond donors (Lipinski definition) is 0. The highest BCUT2D eigenvalue weighted by Crippen LogP contribution is 2.15. The predicted molar refractivity (Wildman–Crippen MR) is 128 cm³/mol. The molecule has 0 N–H and O–H groups in total. The smallest absolute Gasteiger partial charge is 0.0645 e. The summed E-state index contributed by atoms with van der Waals surface area (Å²) < 4.78 is 3.77. The molecule has 32 heavy (non-hydrogen) atoms. The van der Waals surface area contributed by atoms with Crippen LogP contribution in [0.4, 0.5) is 0 Å². The summed E-state index contributed by atoms with van der Waals surface area (Å²) in [6, 6.07) is 30.3. The third-order valence-electron chi connectivity index (χ3n) is 5.81. The monoisotopic (exact) mass is 418 g/mol. The van der Waals surface area contributed by atoms with Crippen molar-refractivity contribution < 1.29 is 0 Å². The van der Waals surface area contributed by atoms with Gasteiger partial charge in [0.2, 0.25) is 0 Å². The maximum Gasteiger partial charge on any atom is 0.0645 e. The predicted octanol–water partition coefficient (Wildman–Crippen LogP) is 5.63. The van der Waals surface area contributed by atoms with Crippen LogP contribution in [0.15, 0.2) is 110 Å². The third kappa shape index (κ3) is 4.86. The summed E-state index contributed by atoms with van der Waals surface area (Å²) in [6.07, 6.45) is 11.7. The number of aromatic nitrogens is 4. The van der Waals surface area contributed by atoms with E-state index in [9.17, 15) is 0 Å². The van der Waals surface area contributed by atoms with Gasteiger partial charge in [0.1, 0.15) is 0 Å². The highest BCUT2D eigenvalue weighted by atomic mass is 15.3. The second kappa shape index (κ2) is 9.48. The SMILES string of the molecule is c1cc(CCc2ccc(-n3cccn3)cc2)cc(CCc2ccc(-n3cccn3)cc2)c1. The number of benzene rings is 3. The van der Waals surface area contributed by atoms with E-state index in [1.165, 1.54) is 22.3 Å². The second-order valence-corrected chi connectivity index (χ2v) is 8.05. The van der Waals surface area contributed by atoms with E-state index >= 15 is 0 Å². The zero-order valence-electron chi connectivity index (χ0n) is 18.0. The van der Waals surface area contributed by atoms with Gasteiger partial charge in [0.05, 0.1) is 11.4 Å². The summed E-state index contributed by atoms with van der Waals surface area (Å²) in [5.41, 5.74) is 7.68. The van der Waals surface area contributed by atoms with Gasteiger partial charge in [-0.05, 0) is 84.3 Å². The van der Waals surface area contributed by atoms with Crippen LogP contribution in [0.25, 0.3) is 11.4 Å². The van der Waals surface area contributed by atoms with Gasteiger partial charge < -0.3 is 0 Å². The molecule has 2 heterocycles. The summed E-state index contributed by atoms with van der Waals surface area (Å²) in [6.45, 7) is 0. The van der Waals surface area contributed by atoms with Crippen LogP contribution in [-0.4, -0.2) is 19.6 Å². The van der Waals surface area contributed by atoms with Crippen molar-refractivity contribution >= 4 is 0 Å². The summed E-state index contributed by atoms with van der Waals surface area (Å²) >= 11 is 0. The molecule has 0 spiro atoms. The molecule has 0 unspecified atom stereocenters. The molecule has 0 saturated heterocycles. The summed E-state index contributed by atoms with van der Waals surface area (Å²) in [5, 5.41) is 8.57. The van der Waals surface area contributed by atoms with Crippen LogP contribution in [-0.2, 0) is 25.7 Å². The number of nitrogens with zero attached hydrogens (tertiary/aromatic N) is 4. The molecular formula is C28H26N4. The quantitative estimate of drug-likeness (QED) is 0.327.